The zero-order valence-corrected chi connectivity index (χ0v) is 28.2. The van der Waals surface area contributed by atoms with Crippen molar-refractivity contribution in [1.29, 1.82) is 0 Å². The minimum Gasteiger partial charge on any atom is -0.508 e. The SMILES string of the molecule is CCCOc1ccc(CSc2ccc(O)cc2)nc1/C=C/C(=O)NCCCNC(=O)c1ccc(N/N=C/c2ccccc2S(=O)(=O)O)nc1. The molecule has 0 bridgehead atoms. The van der Waals surface area contributed by atoms with Crippen molar-refractivity contribution in [2.75, 3.05) is 25.1 Å². The zero-order chi connectivity index (χ0) is 35.1. The molecule has 13 nitrogen and oxygen atoms in total. The molecule has 4 rings (SSSR count). The molecular formula is C34H36N6O7S2. The quantitative estimate of drug-likeness (QED) is 0.0251. The lowest BCUT2D eigenvalue weighted by Gasteiger charge is -2.10. The van der Waals surface area contributed by atoms with Crippen LogP contribution >= 0.6 is 11.8 Å². The van der Waals surface area contributed by atoms with E-state index in [1.54, 1.807) is 42.1 Å². The summed E-state index contributed by atoms with van der Waals surface area (Å²) in [4.78, 5) is 34.5. The van der Waals surface area contributed by atoms with Gasteiger partial charge >= 0.3 is 0 Å². The monoisotopic (exact) mass is 704 g/mol. The van der Waals surface area contributed by atoms with E-state index in [1.165, 1.54) is 42.8 Å². The maximum absolute atomic E-state index is 12.5. The number of hydrazone groups is 1. The van der Waals surface area contributed by atoms with E-state index in [1.807, 2.05) is 31.2 Å². The van der Waals surface area contributed by atoms with Crippen LogP contribution in [0, 0.1) is 0 Å². The predicted octanol–water partition coefficient (Wildman–Crippen LogP) is 4.91. The minimum absolute atomic E-state index is 0.187. The van der Waals surface area contributed by atoms with Crippen LogP contribution in [0.5, 0.6) is 11.5 Å². The molecule has 0 aliphatic heterocycles. The number of phenolic OH excluding ortho intramolecular Hbond substituents is 1. The van der Waals surface area contributed by atoms with E-state index >= 15 is 0 Å². The van der Waals surface area contributed by atoms with Gasteiger partial charge in [0.05, 0.1) is 24.1 Å². The molecule has 15 heteroatoms. The molecule has 2 aromatic carbocycles. The number of pyridine rings is 2. The second-order valence-electron chi connectivity index (χ2n) is 10.4. The highest BCUT2D eigenvalue weighted by Crippen LogP contribution is 2.26. The van der Waals surface area contributed by atoms with Crippen molar-refractivity contribution < 1.29 is 32.4 Å². The normalized spacial score (nSPS) is 11.5. The van der Waals surface area contributed by atoms with E-state index < -0.39 is 10.1 Å². The van der Waals surface area contributed by atoms with Gasteiger partial charge in [-0.3, -0.25) is 19.6 Å². The van der Waals surface area contributed by atoms with Gasteiger partial charge in [-0.05, 0) is 73.5 Å². The molecule has 2 heterocycles. The molecule has 0 atom stereocenters. The molecule has 49 heavy (non-hydrogen) atoms. The van der Waals surface area contributed by atoms with Crippen LogP contribution in [0.2, 0.25) is 0 Å². The number of carbonyl (C=O) groups excluding carboxylic acids is 2. The lowest BCUT2D eigenvalue weighted by molar-refractivity contribution is -0.116. The Balaban J connectivity index is 1.20. The summed E-state index contributed by atoms with van der Waals surface area (Å²) in [6, 6.07) is 19.6. The van der Waals surface area contributed by atoms with E-state index in [4.69, 9.17) is 4.74 Å². The fraction of sp³-hybridized carbons (Fsp3) is 0.206. The average Bonchev–Trinajstić information content (AvgIpc) is 3.09. The molecule has 2 amide bonds. The third-order valence-electron chi connectivity index (χ3n) is 6.56. The molecule has 0 fully saturated rings. The van der Waals surface area contributed by atoms with Crippen molar-refractivity contribution in [1.82, 2.24) is 20.6 Å². The summed E-state index contributed by atoms with van der Waals surface area (Å²) < 4.78 is 38.1. The number of thioether (sulfide) groups is 1. The highest BCUT2D eigenvalue weighted by molar-refractivity contribution is 7.98. The summed E-state index contributed by atoms with van der Waals surface area (Å²) in [7, 11) is -4.40. The Labute approximate surface area is 288 Å². The van der Waals surface area contributed by atoms with E-state index in [2.05, 4.69) is 31.1 Å². The molecule has 0 aliphatic rings. The number of ether oxygens (including phenoxy) is 1. The number of anilines is 1. The molecule has 0 saturated heterocycles. The van der Waals surface area contributed by atoms with Crippen LogP contribution in [-0.4, -0.2) is 65.8 Å². The minimum atomic E-state index is -4.40. The van der Waals surface area contributed by atoms with E-state index in [-0.39, 0.29) is 28.0 Å². The molecule has 0 aliphatic carbocycles. The van der Waals surface area contributed by atoms with Crippen molar-refractivity contribution in [3.63, 3.8) is 0 Å². The Morgan fingerprint density at radius 2 is 1.78 bits per heavy atom. The first-order valence-electron chi connectivity index (χ1n) is 15.2. The smallest absolute Gasteiger partial charge is 0.295 e. The van der Waals surface area contributed by atoms with Gasteiger partial charge in [0, 0.05) is 41.6 Å². The second-order valence-corrected chi connectivity index (χ2v) is 12.8. The maximum Gasteiger partial charge on any atom is 0.295 e. The number of aromatic nitrogens is 2. The van der Waals surface area contributed by atoms with Crippen LogP contribution in [0.15, 0.2) is 100.0 Å². The Bertz CT molecular complexity index is 1880. The van der Waals surface area contributed by atoms with Crippen molar-refractivity contribution in [2.45, 2.75) is 35.3 Å². The Kier molecular flexibility index (Phi) is 13.7. The fourth-order valence-electron chi connectivity index (χ4n) is 4.14. The first-order chi connectivity index (χ1) is 23.6. The number of amides is 2. The summed E-state index contributed by atoms with van der Waals surface area (Å²) in [5.74, 6) is 1.05. The van der Waals surface area contributed by atoms with Gasteiger partial charge in [0.1, 0.15) is 27.9 Å². The number of carbonyl (C=O) groups is 2. The van der Waals surface area contributed by atoms with Gasteiger partial charge in [0.15, 0.2) is 0 Å². The molecule has 0 spiro atoms. The highest BCUT2D eigenvalue weighted by atomic mass is 32.2. The van der Waals surface area contributed by atoms with Crippen molar-refractivity contribution in [2.24, 2.45) is 5.10 Å². The predicted molar refractivity (Wildman–Crippen MR) is 188 cm³/mol. The van der Waals surface area contributed by atoms with E-state index in [0.29, 0.717) is 54.7 Å². The standard InChI is InChI=1S/C34H36N6O7S2/c1-2-20-47-30-15-9-26(23-48-28-12-10-27(41)11-13-28)39-29(30)14-17-33(42)35-18-5-19-36-34(43)25-8-16-32(37-21-25)40-38-22-24-6-3-4-7-31(24)49(44,45)46/h3-4,6-17,21-22,41H,2,5,18-20,23H2,1H3,(H,35,42)(H,36,43)(H,37,40)(H,44,45,46)/b17-14+,38-22+. The van der Waals surface area contributed by atoms with Crippen LogP contribution < -0.4 is 20.8 Å². The number of phenols is 1. The lowest BCUT2D eigenvalue weighted by atomic mass is 10.2. The summed E-state index contributed by atoms with van der Waals surface area (Å²) in [5, 5.41) is 19.0. The topological polar surface area (TPSA) is 192 Å². The van der Waals surface area contributed by atoms with E-state index in [9.17, 15) is 27.7 Å². The van der Waals surface area contributed by atoms with Crippen LogP contribution in [0.25, 0.3) is 6.08 Å². The molecule has 0 unspecified atom stereocenters. The average molecular weight is 705 g/mol. The summed E-state index contributed by atoms with van der Waals surface area (Å²) in [5.41, 5.74) is 4.50. The van der Waals surface area contributed by atoms with Gasteiger partial charge in [0.2, 0.25) is 5.91 Å². The van der Waals surface area contributed by atoms with Gasteiger partial charge in [-0.2, -0.15) is 13.5 Å². The van der Waals surface area contributed by atoms with Crippen molar-refractivity contribution in [3.05, 3.63) is 108 Å². The third-order valence-corrected chi connectivity index (χ3v) is 8.54. The number of aromatic hydroxyl groups is 1. The largest absolute Gasteiger partial charge is 0.508 e. The molecule has 2 aromatic heterocycles. The number of benzene rings is 2. The Morgan fingerprint density at radius 3 is 2.51 bits per heavy atom. The maximum atomic E-state index is 12.5. The Morgan fingerprint density at radius 1 is 1.00 bits per heavy atom. The molecule has 0 saturated carbocycles. The zero-order valence-electron chi connectivity index (χ0n) is 26.6. The number of hydrogen-bond donors (Lipinski definition) is 5. The number of nitrogens with zero attached hydrogens (tertiary/aromatic N) is 3. The molecule has 4 aromatic rings. The lowest BCUT2D eigenvalue weighted by Crippen LogP contribution is -2.29. The number of rotatable bonds is 17. The summed E-state index contributed by atoms with van der Waals surface area (Å²) >= 11 is 1.58. The molecule has 256 valence electrons. The van der Waals surface area contributed by atoms with Crippen LogP contribution in [0.1, 0.15) is 47.1 Å². The van der Waals surface area contributed by atoms with Crippen LogP contribution in [-0.2, 0) is 20.7 Å². The second kappa shape index (κ2) is 18.3. The summed E-state index contributed by atoms with van der Waals surface area (Å²) in [6.07, 6.45) is 6.92. The molecule has 5 N–H and O–H groups in total. The van der Waals surface area contributed by atoms with Crippen molar-refractivity contribution >= 4 is 51.8 Å². The number of hydrogen-bond acceptors (Lipinski definition) is 11. The van der Waals surface area contributed by atoms with Gasteiger partial charge in [-0.15, -0.1) is 11.8 Å². The van der Waals surface area contributed by atoms with Crippen LogP contribution in [0.3, 0.4) is 0 Å². The molecule has 0 radical (unpaired) electrons. The first kappa shape index (κ1) is 36.6. The van der Waals surface area contributed by atoms with Gasteiger partial charge in [-0.1, -0.05) is 25.1 Å². The van der Waals surface area contributed by atoms with Crippen LogP contribution in [0.4, 0.5) is 5.82 Å². The first-order valence-corrected chi connectivity index (χ1v) is 17.6. The van der Waals surface area contributed by atoms with E-state index in [0.717, 1.165) is 17.0 Å². The molecular weight excluding hydrogens is 669 g/mol. The van der Waals surface area contributed by atoms with Gasteiger partial charge in [0.25, 0.3) is 16.0 Å². The van der Waals surface area contributed by atoms with Gasteiger partial charge in [-0.25, -0.2) is 9.97 Å². The van der Waals surface area contributed by atoms with Crippen molar-refractivity contribution in [3.8, 4) is 11.5 Å². The summed E-state index contributed by atoms with van der Waals surface area (Å²) in [6.45, 7) is 3.17. The number of nitrogens with one attached hydrogen (secondary N) is 3. The highest BCUT2D eigenvalue weighted by Gasteiger charge is 2.13. The third kappa shape index (κ3) is 12.1. The van der Waals surface area contributed by atoms with Gasteiger partial charge < -0.3 is 20.5 Å². The Hall–Kier alpha value is -5.25. The fourth-order valence-corrected chi connectivity index (χ4v) is 5.61.